The van der Waals surface area contributed by atoms with E-state index in [1.54, 1.807) is 30.3 Å². The highest BCUT2D eigenvalue weighted by atomic mass is 79.9. The topological polar surface area (TPSA) is 101 Å². The van der Waals surface area contributed by atoms with Crippen LogP contribution in [0.2, 0.25) is 0 Å². The van der Waals surface area contributed by atoms with Crippen LogP contribution in [0.15, 0.2) is 53.0 Å². The predicted octanol–water partition coefficient (Wildman–Crippen LogP) is 2.43. The number of carbonyl (C=O) groups is 2. The van der Waals surface area contributed by atoms with E-state index in [1.807, 2.05) is 0 Å². The normalized spacial score (nSPS) is 9.86. The highest BCUT2D eigenvalue weighted by molar-refractivity contribution is 9.10. The predicted molar refractivity (Wildman–Crippen MR) is 82.2 cm³/mol. The molecule has 0 saturated heterocycles. The lowest BCUT2D eigenvalue weighted by atomic mass is 10.2. The van der Waals surface area contributed by atoms with Crippen LogP contribution < -0.4 is 10.9 Å². The van der Waals surface area contributed by atoms with Gasteiger partial charge in [-0.1, -0.05) is 18.2 Å². The summed E-state index contributed by atoms with van der Waals surface area (Å²) in [5.41, 5.74) is 4.65. The largest absolute Gasteiger partial charge is 0.284 e. The maximum Gasteiger partial charge on any atom is 0.284 e. The van der Waals surface area contributed by atoms with Crippen LogP contribution >= 0.6 is 15.9 Å². The number of nitrogens with one attached hydrogen (secondary N) is 2. The number of benzene rings is 2. The Labute approximate surface area is 133 Å². The first-order chi connectivity index (χ1) is 10.5. The lowest BCUT2D eigenvalue weighted by molar-refractivity contribution is -0.385. The molecular weight excluding hydrogens is 354 g/mol. The van der Waals surface area contributed by atoms with Crippen LogP contribution in [0.1, 0.15) is 20.7 Å². The Balaban J connectivity index is 2.05. The van der Waals surface area contributed by atoms with Gasteiger partial charge in [0.05, 0.1) is 9.40 Å². The Morgan fingerprint density at radius 2 is 1.55 bits per heavy atom. The molecule has 0 bridgehead atoms. The minimum absolute atomic E-state index is 0.0586. The van der Waals surface area contributed by atoms with E-state index in [2.05, 4.69) is 26.8 Å². The van der Waals surface area contributed by atoms with E-state index in [4.69, 9.17) is 0 Å². The van der Waals surface area contributed by atoms with E-state index < -0.39 is 16.7 Å². The van der Waals surface area contributed by atoms with Gasteiger partial charge in [0.15, 0.2) is 0 Å². The van der Waals surface area contributed by atoms with Crippen molar-refractivity contribution in [2.75, 3.05) is 0 Å². The Morgan fingerprint density at radius 3 is 2.14 bits per heavy atom. The molecule has 2 N–H and O–H groups in total. The average molecular weight is 364 g/mol. The number of nitrogens with zero attached hydrogens (tertiary/aromatic N) is 1. The SMILES string of the molecule is O=C(NNC(=O)c1ccc(Br)c([N+](=O)[O-])c1)c1ccccc1. The lowest BCUT2D eigenvalue weighted by Gasteiger charge is -2.07. The van der Waals surface area contributed by atoms with Crippen molar-refractivity contribution in [2.45, 2.75) is 0 Å². The number of halogens is 1. The summed E-state index contributed by atoms with van der Waals surface area (Å²) in [5, 5.41) is 10.8. The quantitative estimate of drug-likeness (QED) is 0.645. The molecule has 0 radical (unpaired) electrons. The van der Waals surface area contributed by atoms with Gasteiger partial charge in [0.2, 0.25) is 0 Å². The summed E-state index contributed by atoms with van der Waals surface area (Å²) in [6.07, 6.45) is 0. The van der Waals surface area contributed by atoms with Gasteiger partial charge in [0.25, 0.3) is 17.5 Å². The summed E-state index contributed by atoms with van der Waals surface area (Å²) in [6, 6.07) is 12.2. The van der Waals surface area contributed by atoms with Crippen molar-refractivity contribution in [2.24, 2.45) is 0 Å². The summed E-state index contributed by atoms with van der Waals surface area (Å²) in [4.78, 5) is 33.9. The third-order valence-corrected chi connectivity index (χ3v) is 3.40. The number of nitro groups is 1. The summed E-state index contributed by atoms with van der Waals surface area (Å²) in [5.74, 6) is -1.14. The molecule has 7 nitrogen and oxygen atoms in total. The Bertz CT molecular complexity index is 734. The van der Waals surface area contributed by atoms with Crippen LogP contribution in [0, 0.1) is 10.1 Å². The van der Waals surface area contributed by atoms with Gasteiger partial charge in [-0.2, -0.15) is 0 Å². The molecule has 22 heavy (non-hydrogen) atoms. The minimum atomic E-state index is -0.653. The van der Waals surface area contributed by atoms with Crippen LogP contribution in [0.4, 0.5) is 5.69 Å². The van der Waals surface area contributed by atoms with E-state index in [0.717, 1.165) is 6.07 Å². The third kappa shape index (κ3) is 3.67. The number of nitro benzene ring substituents is 1. The molecule has 0 heterocycles. The first-order valence-corrected chi connectivity index (χ1v) is 6.88. The van der Waals surface area contributed by atoms with Crippen molar-refractivity contribution in [3.05, 3.63) is 74.2 Å². The zero-order valence-electron chi connectivity index (χ0n) is 11.1. The van der Waals surface area contributed by atoms with Crippen molar-refractivity contribution in [3.8, 4) is 0 Å². The fraction of sp³-hybridized carbons (Fsp3) is 0. The van der Waals surface area contributed by atoms with Crippen molar-refractivity contribution in [3.63, 3.8) is 0 Å². The van der Waals surface area contributed by atoms with Gasteiger partial charge in [0.1, 0.15) is 0 Å². The molecule has 0 spiro atoms. The highest BCUT2D eigenvalue weighted by Crippen LogP contribution is 2.25. The standard InChI is InChI=1S/C14H10BrN3O4/c15-11-7-6-10(8-12(11)18(21)22)14(20)17-16-13(19)9-4-2-1-3-5-9/h1-8H,(H,16,19)(H,17,20). The molecule has 0 aliphatic carbocycles. The maximum atomic E-state index is 11.9. The summed E-state index contributed by atoms with van der Waals surface area (Å²) in [7, 11) is 0. The van der Waals surface area contributed by atoms with Gasteiger partial charge in [-0.15, -0.1) is 0 Å². The first-order valence-electron chi connectivity index (χ1n) is 6.08. The molecule has 2 aromatic rings. The maximum absolute atomic E-state index is 11.9. The molecule has 2 aromatic carbocycles. The fourth-order valence-electron chi connectivity index (χ4n) is 1.64. The van der Waals surface area contributed by atoms with Gasteiger partial charge in [-0.25, -0.2) is 0 Å². The van der Waals surface area contributed by atoms with Gasteiger partial charge in [-0.05, 0) is 40.2 Å². The van der Waals surface area contributed by atoms with E-state index in [1.165, 1.54) is 12.1 Å². The fourth-order valence-corrected chi connectivity index (χ4v) is 2.03. The molecule has 0 aromatic heterocycles. The van der Waals surface area contributed by atoms with E-state index in [0.29, 0.717) is 5.56 Å². The van der Waals surface area contributed by atoms with Crippen LogP contribution in [-0.4, -0.2) is 16.7 Å². The van der Waals surface area contributed by atoms with Crippen molar-refractivity contribution < 1.29 is 14.5 Å². The second-order valence-corrected chi connectivity index (χ2v) is 5.05. The monoisotopic (exact) mass is 363 g/mol. The van der Waals surface area contributed by atoms with Crippen molar-refractivity contribution in [1.29, 1.82) is 0 Å². The summed E-state index contributed by atoms with van der Waals surface area (Å²) < 4.78 is 0.266. The van der Waals surface area contributed by atoms with Gasteiger partial charge >= 0.3 is 0 Å². The third-order valence-electron chi connectivity index (χ3n) is 2.73. The molecule has 2 rings (SSSR count). The molecule has 0 atom stereocenters. The zero-order chi connectivity index (χ0) is 16.1. The highest BCUT2D eigenvalue weighted by Gasteiger charge is 2.16. The van der Waals surface area contributed by atoms with E-state index >= 15 is 0 Å². The Kier molecular flexibility index (Phi) is 4.84. The average Bonchev–Trinajstić information content (AvgIpc) is 2.53. The Hall–Kier alpha value is -2.74. The molecule has 2 amide bonds. The molecule has 0 aliphatic rings. The molecule has 8 heteroatoms. The molecule has 0 unspecified atom stereocenters. The van der Waals surface area contributed by atoms with Gasteiger partial charge in [0, 0.05) is 17.2 Å². The van der Waals surface area contributed by atoms with Crippen molar-refractivity contribution in [1.82, 2.24) is 10.9 Å². The summed E-state index contributed by atoms with van der Waals surface area (Å²) >= 11 is 3.03. The molecule has 0 fully saturated rings. The number of hydrogen-bond donors (Lipinski definition) is 2. The number of hydrogen-bond acceptors (Lipinski definition) is 4. The molecular formula is C14H10BrN3O4. The first kappa shape index (κ1) is 15.6. The second-order valence-electron chi connectivity index (χ2n) is 4.20. The number of amides is 2. The van der Waals surface area contributed by atoms with Gasteiger partial charge < -0.3 is 0 Å². The van der Waals surface area contributed by atoms with Crippen LogP contribution in [0.3, 0.4) is 0 Å². The molecule has 0 aliphatic heterocycles. The second kappa shape index (κ2) is 6.81. The molecule has 112 valence electrons. The van der Waals surface area contributed by atoms with Crippen LogP contribution in [0.25, 0.3) is 0 Å². The van der Waals surface area contributed by atoms with Crippen molar-refractivity contribution >= 4 is 33.4 Å². The zero-order valence-corrected chi connectivity index (χ0v) is 12.7. The smallest absolute Gasteiger partial charge is 0.267 e. The Morgan fingerprint density at radius 1 is 0.955 bits per heavy atom. The number of rotatable bonds is 3. The van der Waals surface area contributed by atoms with E-state index in [9.17, 15) is 19.7 Å². The lowest BCUT2D eigenvalue weighted by Crippen LogP contribution is -2.41. The summed E-state index contributed by atoms with van der Waals surface area (Å²) in [6.45, 7) is 0. The van der Waals surface area contributed by atoms with Gasteiger partial charge in [-0.3, -0.25) is 30.6 Å². The number of carbonyl (C=O) groups excluding carboxylic acids is 2. The number of hydrazine groups is 1. The molecule has 0 saturated carbocycles. The van der Waals surface area contributed by atoms with E-state index in [-0.39, 0.29) is 15.7 Å². The minimum Gasteiger partial charge on any atom is -0.267 e. The van der Waals surface area contributed by atoms with Crippen LogP contribution in [-0.2, 0) is 0 Å². The van der Waals surface area contributed by atoms with Crippen LogP contribution in [0.5, 0.6) is 0 Å².